The maximum atomic E-state index is 5.46. The topological polar surface area (TPSA) is 38.1 Å². The van der Waals surface area contributed by atoms with Crippen molar-refractivity contribution in [3.63, 3.8) is 0 Å². The van der Waals surface area contributed by atoms with E-state index in [1.54, 1.807) is 17.6 Å². The summed E-state index contributed by atoms with van der Waals surface area (Å²) in [5.74, 6) is 0.690. The fourth-order valence-electron chi connectivity index (χ4n) is 1.65. The molecule has 0 fully saturated rings. The van der Waals surface area contributed by atoms with Crippen molar-refractivity contribution in [2.45, 2.75) is 6.54 Å². The van der Waals surface area contributed by atoms with Crippen LogP contribution >= 0.6 is 11.3 Å². The monoisotopic (exact) mass is 256 g/mol. The lowest BCUT2D eigenvalue weighted by atomic mass is 10.3. The first-order chi connectivity index (χ1) is 8.92. The van der Waals surface area contributed by atoms with E-state index < -0.39 is 0 Å². The summed E-state index contributed by atoms with van der Waals surface area (Å²) in [4.78, 5) is 5.51. The third-order valence-corrected chi connectivity index (χ3v) is 3.39. The average Bonchev–Trinajstić information content (AvgIpc) is 3.08. The zero-order chi connectivity index (χ0) is 12.2. The normalized spacial score (nSPS) is 10.4. The Morgan fingerprint density at radius 2 is 2.00 bits per heavy atom. The Hall–Kier alpha value is -2.07. The molecule has 0 spiro atoms. The Balaban J connectivity index is 1.68. The largest absolute Gasteiger partial charge is 0.443 e. The van der Waals surface area contributed by atoms with Crippen molar-refractivity contribution in [1.29, 1.82) is 0 Å². The van der Waals surface area contributed by atoms with E-state index in [1.165, 1.54) is 0 Å². The van der Waals surface area contributed by atoms with E-state index in [2.05, 4.69) is 10.3 Å². The zero-order valence-electron chi connectivity index (χ0n) is 9.67. The SMILES string of the molecule is c1ccc(NCc2coc(-c3cccs3)n2)cc1. The molecule has 0 saturated heterocycles. The van der Waals surface area contributed by atoms with E-state index in [9.17, 15) is 0 Å². The van der Waals surface area contributed by atoms with Crippen LogP contribution in [0.1, 0.15) is 5.69 Å². The van der Waals surface area contributed by atoms with Crippen molar-refractivity contribution in [3.05, 3.63) is 59.8 Å². The van der Waals surface area contributed by atoms with Gasteiger partial charge in [0.2, 0.25) is 5.89 Å². The Labute approximate surface area is 109 Å². The van der Waals surface area contributed by atoms with E-state index in [-0.39, 0.29) is 0 Å². The van der Waals surface area contributed by atoms with Gasteiger partial charge in [-0.2, -0.15) is 0 Å². The molecule has 0 aliphatic rings. The summed E-state index contributed by atoms with van der Waals surface area (Å²) in [6, 6.07) is 14.1. The number of nitrogens with zero attached hydrogens (tertiary/aromatic N) is 1. The number of oxazole rings is 1. The van der Waals surface area contributed by atoms with E-state index in [0.29, 0.717) is 12.4 Å². The molecule has 3 nitrogen and oxygen atoms in total. The number of hydrogen-bond acceptors (Lipinski definition) is 4. The van der Waals surface area contributed by atoms with E-state index in [1.807, 2.05) is 47.8 Å². The van der Waals surface area contributed by atoms with E-state index in [4.69, 9.17) is 4.42 Å². The molecule has 0 aliphatic heterocycles. The van der Waals surface area contributed by atoms with Crippen molar-refractivity contribution >= 4 is 17.0 Å². The number of anilines is 1. The summed E-state index contributed by atoms with van der Waals surface area (Å²) in [7, 11) is 0. The molecule has 1 N–H and O–H groups in total. The minimum absolute atomic E-state index is 0.666. The van der Waals surface area contributed by atoms with Crippen molar-refractivity contribution in [2.75, 3.05) is 5.32 Å². The van der Waals surface area contributed by atoms with Crippen LogP contribution in [0.4, 0.5) is 5.69 Å². The molecule has 2 heterocycles. The molecule has 3 rings (SSSR count). The van der Waals surface area contributed by atoms with Gasteiger partial charge in [-0.15, -0.1) is 11.3 Å². The maximum Gasteiger partial charge on any atom is 0.236 e. The fourth-order valence-corrected chi connectivity index (χ4v) is 2.31. The highest BCUT2D eigenvalue weighted by Crippen LogP contribution is 2.23. The average molecular weight is 256 g/mol. The highest BCUT2D eigenvalue weighted by atomic mass is 32.1. The minimum atomic E-state index is 0.666. The number of hydrogen-bond donors (Lipinski definition) is 1. The van der Waals surface area contributed by atoms with Gasteiger partial charge in [-0.25, -0.2) is 4.98 Å². The first-order valence-electron chi connectivity index (χ1n) is 5.69. The number of rotatable bonds is 4. The van der Waals surface area contributed by atoms with Gasteiger partial charge in [0.05, 0.1) is 17.1 Å². The van der Waals surface area contributed by atoms with Gasteiger partial charge in [0, 0.05) is 5.69 Å². The predicted octanol–water partition coefficient (Wildman–Crippen LogP) is 4.02. The van der Waals surface area contributed by atoms with Gasteiger partial charge in [-0.1, -0.05) is 24.3 Å². The molecule has 2 aromatic heterocycles. The fraction of sp³-hybridized carbons (Fsp3) is 0.0714. The lowest BCUT2D eigenvalue weighted by Crippen LogP contribution is -1.99. The summed E-state index contributed by atoms with van der Waals surface area (Å²) in [5.41, 5.74) is 1.99. The molecule has 0 unspecified atom stereocenters. The van der Waals surface area contributed by atoms with E-state index in [0.717, 1.165) is 16.3 Å². The van der Waals surface area contributed by atoms with Crippen molar-refractivity contribution in [3.8, 4) is 10.8 Å². The van der Waals surface area contributed by atoms with Crippen LogP contribution in [0.3, 0.4) is 0 Å². The number of nitrogens with one attached hydrogen (secondary N) is 1. The molecule has 0 radical (unpaired) electrons. The highest BCUT2D eigenvalue weighted by molar-refractivity contribution is 7.13. The Morgan fingerprint density at radius 3 is 2.78 bits per heavy atom. The van der Waals surface area contributed by atoms with Crippen molar-refractivity contribution < 1.29 is 4.42 Å². The molecular formula is C14H12N2OS. The number of benzene rings is 1. The van der Waals surface area contributed by atoms with Gasteiger partial charge in [-0.05, 0) is 23.6 Å². The minimum Gasteiger partial charge on any atom is -0.443 e. The first kappa shape index (κ1) is 11.0. The van der Waals surface area contributed by atoms with Gasteiger partial charge in [0.1, 0.15) is 6.26 Å². The molecule has 0 saturated carbocycles. The van der Waals surface area contributed by atoms with E-state index >= 15 is 0 Å². The highest BCUT2D eigenvalue weighted by Gasteiger charge is 2.06. The zero-order valence-corrected chi connectivity index (χ0v) is 10.5. The quantitative estimate of drug-likeness (QED) is 0.766. The summed E-state index contributed by atoms with van der Waals surface area (Å²) >= 11 is 1.63. The summed E-state index contributed by atoms with van der Waals surface area (Å²) in [6.45, 7) is 0.666. The number of aromatic nitrogens is 1. The number of para-hydroxylation sites is 1. The van der Waals surface area contributed by atoms with Crippen LogP contribution in [-0.4, -0.2) is 4.98 Å². The standard InChI is InChI=1S/C14H12N2OS/c1-2-5-11(6-3-1)15-9-12-10-17-14(16-12)13-7-4-8-18-13/h1-8,10,15H,9H2. The molecule has 0 amide bonds. The second kappa shape index (κ2) is 5.06. The van der Waals surface area contributed by atoms with Gasteiger partial charge < -0.3 is 9.73 Å². The Kier molecular flexibility index (Phi) is 3.10. The van der Waals surface area contributed by atoms with Gasteiger partial charge in [0.15, 0.2) is 0 Å². The third-order valence-electron chi connectivity index (χ3n) is 2.53. The van der Waals surface area contributed by atoms with Crippen LogP contribution in [-0.2, 0) is 6.54 Å². The predicted molar refractivity (Wildman–Crippen MR) is 73.6 cm³/mol. The molecule has 90 valence electrons. The van der Waals surface area contributed by atoms with Crippen LogP contribution < -0.4 is 5.32 Å². The van der Waals surface area contributed by atoms with Crippen LogP contribution in [0.2, 0.25) is 0 Å². The van der Waals surface area contributed by atoms with Crippen molar-refractivity contribution in [1.82, 2.24) is 4.98 Å². The lowest BCUT2D eigenvalue weighted by Gasteiger charge is -2.02. The number of thiophene rings is 1. The van der Waals surface area contributed by atoms with Gasteiger partial charge in [-0.3, -0.25) is 0 Å². The molecule has 0 bridgehead atoms. The van der Waals surface area contributed by atoms with Crippen LogP contribution in [0.5, 0.6) is 0 Å². The summed E-state index contributed by atoms with van der Waals surface area (Å²) in [6.07, 6.45) is 1.70. The second-order valence-electron chi connectivity index (χ2n) is 3.84. The lowest BCUT2D eigenvalue weighted by molar-refractivity contribution is 0.574. The van der Waals surface area contributed by atoms with Gasteiger partial charge >= 0.3 is 0 Å². The third kappa shape index (κ3) is 2.43. The van der Waals surface area contributed by atoms with Gasteiger partial charge in [0.25, 0.3) is 0 Å². The summed E-state index contributed by atoms with van der Waals surface area (Å²) in [5, 5.41) is 5.32. The van der Waals surface area contributed by atoms with Crippen LogP contribution in [0.25, 0.3) is 10.8 Å². The molecule has 3 aromatic rings. The molecule has 18 heavy (non-hydrogen) atoms. The smallest absolute Gasteiger partial charge is 0.236 e. The molecule has 0 atom stereocenters. The summed E-state index contributed by atoms with van der Waals surface area (Å²) < 4.78 is 5.46. The second-order valence-corrected chi connectivity index (χ2v) is 4.79. The Morgan fingerprint density at radius 1 is 1.11 bits per heavy atom. The molecule has 4 heteroatoms. The molecule has 0 aliphatic carbocycles. The maximum absolute atomic E-state index is 5.46. The van der Waals surface area contributed by atoms with Crippen LogP contribution in [0, 0.1) is 0 Å². The van der Waals surface area contributed by atoms with Crippen LogP contribution in [0.15, 0.2) is 58.5 Å². The molecule has 1 aromatic carbocycles. The Bertz CT molecular complexity index is 602. The molecular weight excluding hydrogens is 244 g/mol. The first-order valence-corrected chi connectivity index (χ1v) is 6.57. The van der Waals surface area contributed by atoms with Crippen molar-refractivity contribution in [2.24, 2.45) is 0 Å².